The molecule has 0 saturated heterocycles. The molecule has 3 rings (SSSR count). The molecule has 5 heteroatoms. The number of ether oxygens (including phenoxy) is 3. The van der Waals surface area contributed by atoms with Crippen LogP contribution in [-0.4, -0.2) is 31.6 Å². The first kappa shape index (κ1) is 24.7. The Morgan fingerprint density at radius 3 is 2.18 bits per heavy atom. The first-order chi connectivity index (χ1) is 16.0. The van der Waals surface area contributed by atoms with Gasteiger partial charge in [-0.25, -0.2) is 0 Å². The van der Waals surface area contributed by atoms with Crippen molar-refractivity contribution in [2.45, 2.75) is 72.0 Å². The Balaban J connectivity index is 1.70. The van der Waals surface area contributed by atoms with Crippen molar-refractivity contribution in [1.29, 1.82) is 0 Å². The van der Waals surface area contributed by atoms with Crippen LogP contribution in [0.2, 0.25) is 0 Å². The van der Waals surface area contributed by atoms with E-state index in [0.717, 1.165) is 71.8 Å². The molecule has 2 aromatic carbocycles. The number of benzene rings is 2. The molecule has 1 aliphatic carbocycles. The Morgan fingerprint density at radius 1 is 0.970 bits per heavy atom. The van der Waals surface area contributed by atoms with Crippen molar-refractivity contribution < 1.29 is 19.0 Å². The maximum absolute atomic E-state index is 6.56. The van der Waals surface area contributed by atoms with E-state index in [-0.39, 0.29) is 12.2 Å². The molecule has 5 nitrogen and oxygen atoms in total. The van der Waals surface area contributed by atoms with Gasteiger partial charge in [0.1, 0.15) is 43.2 Å². The van der Waals surface area contributed by atoms with E-state index in [9.17, 15) is 0 Å². The number of rotatable bonds is 10. The Bertz CT molecular complexity index is 926. The number of nitrogens with zero attached hydrogens (tertiary/aromatic N) is 1. The van der Waals surface area contributed by atoms with Crippen LogP contribution in [0.25, 0.3) is 0 Å². The highest BCUT2D eigenvalue weighted by atomic mass is 16.6. The molecular weight excluding hydrogens is 414 g/mol. The number of hydrogen-bond donors (Lipinski definition) is 0. The molecule has 178 valence electrons. The van der Waals surface area contributed by atoms with Gasteiger partial charge >= 0.3 is 0 Å². The van der Waals surface area contributed by atoms with Crippen molar-refractivity contribution in [2.75, 3.05) is 13.7 Å². The van der Waals surface area contributed by atoms with Crippen LogP contribution in [0.5, 0.6) is 17.2 Å². The molecular formula is C28H37NO4. The Morgan fingerprint density at radius 2 is 1.61 bits per heavy atom. The van der Waals surface area contributed by atoms with Crippen LogP contribution in [0.4, 0.5) is 0 Å². The van der Waals surface area contributed by atoms with Gasteiger partial charge in [-0.15, -0.1) is 0 Å². The van der Waals surface area contributed by atoms with Gasteiger partial charge in [0.25, 0.3) is 0 Å². The number of hydrogen-bond acceptors (Lipinski definition) is 5. The predicted octanol–water partition coefficient (Wildman–Crippen LogP) is 6.79. The van der Waals surface area contributed by atoms with Crippen molar-refractivity contribution in [3.05, 3.63) is 65.2 Å². The van der Waals surface area contributed by atoms with Crippen LogP contribution in [0.1, 0.15) is 62.6 Å². The third-order valence-electron chi connectivity index (χ3n) is 5.94. The largest absolute Gasteiger partial charge is 0.490 e. The summed E-state index contributed by atoms with van der Waals surface area (Å²) in [6.07, 6.45) is 9.12. The van der Waals surface area contributed by atoms with Gasteiger partial charge in [0.15, 0.2) is 0 Å². The Kier molecular flexibility index (Phi) is 9.23. The molecule has 1 fully saturated rings. The molecule has 2 unspecified atom stereocenters. The molecule has 0 spiro atoms. The second kappa shape index (κ2) is 12.3. The van der Waals surface area contributed by atoms with Crippen molar-refractivity contribution >= 4 is 5.71 Å². The van der Waals surface area contributed by atoms with Crippen LogP contribution in [-0.2, 0) is 4.84 Å². The summed E-state index contributed by atoms with van der Waals surface area (Å²) < 4.78 is 18.8. The standard InChI is InChI=1S/C28H37NO4/c1-6-8-17-31-24-18-20(3)28(21(4)19-24)33-27-12-10-9-11-26(27)32-23-15-13-22(14-16-23)25(7-2)29-30-5/h6,8,13-16,18-19,26-27H,7,9-12,17H2,1-5H3/b8-6+,29-25+. The molecule has 0 heterocycles. The zero-order valence-electron chi connectivity index (χ0n) is 20.6. The quantitative estimate of drug-likeness (QED) is 0.227. The fraction of sp³-hybridized carbons (Fsp3) is 0.464. The fourth-order valence-electron chi connectivity index (χ4n) is 4.24. The summed E-state index contributed by atoms with van der Waals surface area (Å²) in [5.41, 5.74) is 4.14. The molecule has 33 heavy (non-hydrogen) atoms. The van der Waals surface area contributed by atoms with Gasteiger partial charge in [0.05, 0.1) is 5.71 Å². The van der Waals surface area contributed by atoms with Crippen molar-refractivity contribution in [1.82, 2.24) is 0 Å². The average molecular weight is 452 g/mol. The number of allylic oxidation sites excluding steroid dienone is 1. The van der Waals surface area contributed by atoms with Gasteiger partial charge in [-0.3, -0.25) is 0 Å². The summed E-state index contributed by atoms with van der Waals surface area (Å²) in [5.74, 6) is 2.66. The van der Waals surface area contributed by atoms with E-state index < -0.39 is 0 Å². The lowest BCUT2D eigenvalue weighted by atomic mass is 9.94. The van der Waals surface area contributed by atoms with E-state index in [2.05, 4.69) is 38.1 Å². The van der Waals surface area contributed by atoms with E-state index >= 15 is 0 Å². The zero-order valence-corrected chi connectivity index (χ0v) is 20.6. The second-order valence-corrected chi connectivity index (χ2v) is 8.46. The normalized spacial score (nSPS) is 18.9. The highest BCUT2D eigenvalue weighted by Gasteiger charge is 2.29. The van der Waals surface area contributed by atoms with Crippen LogP contribution in [0.15, 0.2) is 53.7 Å². The van der Waals surface area contributed by atoms with Crippen molar-refractivity contribution in [3.63, 3.8) is 0 Å². The Labute approximate surface area is 198 Å². The molecule has 0 aliphatic heterocycles. The first-order valence-electron chi connectivity index (χ1n) is 11.9. The molecule has 0 aromatic heterocycles. The van der Waals surface area contributed by atoms with E-state index in [4.69, 9.17) is 19.0 Å². The van der Waals surface area contributed by atoms with Gasteiger partial charge in [-0.1, -0.05) is 24.2 Å². The van der Waals surface area contributed by atoms with Crippen molar-refractivity contribution in [3.8, 4) is 17.2 Å². The topological polar surface area (TPSA) is 49.3 Å². The molecule has 0 radical (unpaired) electrons. The highest BCUT2D eigenvalue weighted by Crippen LogP contribution is 2.33. The molecule has 2 aromatic rings. The van der Waals surface area contributed by atoms with E-state index in [1.54, 1.807) is 7.11 Å². The summed E-state index contributed by atoms with van der Waals surface area (Å²) in [6, 6.07) is 12.2. The summed E-state index contributed by atoms with van der Waals surface area (Å²) in [4.78, 5) is 4.95. The summed E-state index contributed by atoms with van der Waals surface area (Å²) in [7, 11) is 1.57. The lowest BCUT2D eigenvalue weighted by Gasteiger charge is -2.33. The third kappa shape index (κ3) is 6.77. The summed E-state index contributed by atoms with van der Waals surface area (Å²) in [6.45, 7) is 8.79. The monoisotopic (exact) mass is 451 g/mol. The zero-order chi connectivity index (χ0) is 23.6. The van der Waals surface area contributed by atoms with Gasteiger partial charge in [-0.2, -0.15) is 0 Å². The predicted molar refractivity (Wildman–Crippen MR) is 134 cm³/mol. The van der Waals surface area contributed by atoms with E-state index in [1.807, 2.05) is 43.3 Å². The number of oxime groups is 1. The Hall–Kier alpha value is -2.95. The average Bonchev–Trinajstić information content (AvgIpc) is 2.82. The third-order valence-corrected chi connectivity index (χ3v) is 5.94. The van der Waals surface area contributed by atoms with E-state index in [1.165, 1.54) is 0 Å². The minimum absolute atomic E-state index is 0.0203. The second-order valence-electron chi connectivity index (χ2n) is 8.46. The minimum Gasteiger partial charge on any atom is -0.490 e. The highest BCUT2D eigenvalue weighted by molar-refractivity contribution is 6.00. The lowest BCUT2D eigenvalue weighted by Crippen LogP contribution is -2.39. The maximum atomic E-state index is 6.56. The van der Waals surface area contributed by atoms with Crippen LogP contribution in [0.3, 0.4) is 0 Å². The summed E-state index contributed by atoms with van der Waals surface area (Å²) >= 11 is 0. The first-order valence-corrected chi connectivity index (χ1v) is 11.9. The van der Waals surface area contributed by atoms with Gasteiger partial charge in [0.2, 0.25) is 0 Å². The molecule has 0 N–H and O–H groups in total. The van der Waals surface area contributed by atoms with Gasteiger partial charge < -0.3 is 19.0 Å². The smallest absolute Gasteiger partial charge is 0.135 e. The van der Waals surface area contributed by atoms with Gasteiger partial charge in [-0.05, 0) is 106 Å². The van der Waals surface area contributed by atoms with Crippen LogP contribution < -0.4 is 14.2 Å². The SMILES string of the molecule is C/C=C/COc1cc(C)c(OC2CCCCC2Oc2ccc(/C(CC)=N/OC)cc2)c(C)c1. The fourth-order valence-corrected chi connectivity index (χ4v) is 4.24. The number of aryl methyl sites for hydroxylation is 2. The summed E-state index contributed by atoms with van der Waals surface area (Å²) in [5, 5.41) is 4.10. The van der Waals surface area contributed by atoms with Crippen LogP contribution in [0, 0.1) is 13.8 Å². The van der Waals surface area contributed by atoms with Gasteiger partial charge in [0, 0.05) is 0 Å². The molecule has 1 saturated carbocycles. The lowest BCUT2D eigenvalue weighted by molar-refractivity contribution is 0.0224. The molecule has 0 bridgehead atoms. The van der Waals surface area contributed by atoms with Crippen LogP contribution >= 0.6 is 0 Å². The minimum atomic E-state index is 0.0203. The molecule has 2 atom stereocenters. The van der Waals surface area contributed by atoms with Crippen molar-refractivity contribution in [2.24, 2.45) is 5.16 Å². The maximum Gasteiger partial charge on any atom is 0.135 e. The van der Waals surface area contributed by atoms with E-state index in [0.29, 0.717) is 6.61 Å². The molecule has 1 aliphatic rings. The molecule has 0 amide bonds.